The molecule has 140 valence electrons. The number of halogens is 1. The Hall–Kier alpha value is -1.16. The molecule has 0 bridgehead atoms. The summed E-state index contributed by atoms with van der Waals surface area (Å²) in [5.41, 5.74) is 7.21. The minimum absolute atomic E-state index is 0.0306. The second kappa shape index (κ2) is 6.53. The van der Waals surface area contributed by atoms with Gasteiger partial charge < -0.3 is 19.2 Å². The van der Waals surface area contributed by atoms with Crippen molar-refractivity contribution in [3.05, 3.63) is 28.3 Å². The lowest BCUT2D eigenvalue weighted by Gasteiger charge is -2.32. The summed E-state index contributed by atoms with van der Waals surface area (Å²) < 4.78 is 51.5. The fraction of sp³-hybridized carbons (Fsp3) is 0.625. The highest BCUT2D eigenvalue weighted by Gasteiger charge is 2.50. The summed E-state index contributed by atoms with van der Waals surface area (Å²) in [5.74, 6) is -0.0306. The van der Waals surface area contributed by atoms with Crippen molar-refractivity contribution >= 4 is 17.6 Å². The maximum absolute atomic E-state index is 13.1. The van der Waals surface area contributed by atoms with E-state index < -0.39 is 28.8 Å². The first kappa shape index (κ1) is 20.2. The zero-order valence-corrected chi connectivity index (χ0v) is 16.3. The Morgan fingerprint density at radius 1 is 1.12 bits per heavy atom. The minimum Gasteiger partial charge on any atom is -0.403 e. The van der Waals surface area contributed by atoms with Gasteiger partial charge in [0.25, 0.3) is 0 Å². The number of hydrogen-bond donors (Lipinski definition) is 1. The fourth-order valence-electron chi connectivity index (χ4n) is 2.88. The lowest BCUT2D eigenvalue weighted by Crippen LogP contribution is -2.41. The second-order valence-corrected chi connectivity index (χ2v) is 8.30. The molecule has 1 heterocycles. The van der Waals surface area contributed by atoms with Crippen LogP contribution in [0, 0.1) is 13.8 Å². The third-order valence-corrected chi connectivity index (χ3v) is 5.45. The molecule has 1 aliphatic rings. The van der Waals surface area contributed by atoms with Gasteiger partial charge in [0.15, 0.2) is 5.75 Å². The molecule has 1 aromatic rings. The van der Waals surface area contributed by atoms with E-state index >= 15 is 0 Å². The molecule has 25 heavy (non-hydrogen) atoms. The molecule has 2 N–H and O–H groups in total. The summed E-state index contributed by atoms with van der Waals surface area (Å²) in [4.78, 5) is 0. The van der Waals surface area contributed by atoms with Crippen molar-refractivity contribution in [2.75, 3.05) is 0 Å². The van der Waals surface area contributed by atoms with Crippen LogP contribution in [0.25, 0.3) is 0 Å². The Bertz CT molecular complexity index is 763. The molecule has 6 nitrogen and oxygen atoms in total. The zero-order valence-electron chi connectivity index (χ0n) is 15.5. The monoisotopic (exact) mass is 373 g/mol. The highest BCUT2D eigenvalue weighted by atomic mass is 32.3. The molecule has 0 radical (unpaired) electrons. The molecule has 1 fully saturated rings. The van der Waals surface area contributed by atoms with E-state index in [2.05, 4.69) is 4.18 Å². The highest BCUT2D eigenvalue weighted by Crippen LogP contribution is 2.39. The van der Waals surface area contributed by atoms with Gasteiger partial charge in [-0.3, -0.25) is 0 Å². The van der Waals surface area contributed by atoms with Crippen molar-refractivity contribution in [3.8, 4) is 5.75 Å². The predicted octanol–water partition coefficient (Wildman–Crippen LogP) is 2.53. The Balaban J connectivity index is 2.41. The van der Waals surface area contributed by atoms with Gasteiger partial charge in [0.1, 0.15) is 0 Å². The van der Waals surface area contributed by atoms with Crippen LogP contribution in [0.2, 0.25) is 0 Å². The summed E-state index contributed by atoms with van der Waals surface area (Å²) >= 11 is 0. The fourth-order valence-corrected chi connectivity index (χ4v) is 3.33. The minimum atomic E-state index is -5.13. The lowest BCUT2D eigenvalue weighted by atomic mass is 9.78. The molecule has 9 heteroatoms. The number of benzene rings is 1. The molecule has 0 aromatic heterocycles. The van der Waals surface area contributed by atoms with E-state index in [1.807, 2.05) is 33.8 Å². The average molecular weight is 373 g/mol. The molecule has 1 saturated heterocycles. The molecule has 0 aliphatic carbocycles. The molecule has 0 unspecified atom stereocenters. The largest absolute Gasteiger partial charge is 0.488 e. The Morgan fingerprint density at radius 3 is 2.04 bits per heavy atom. The molecule has 0 spiro atoms. The standard InChI is InChI=1S/C16H25BFNO5S/c1-10-12(8-17-23-15(3,4)16(5,6)24-17)7-13(9-19)11(2)14(10)22-25(18,20)21/h7H,8-9,19H2,1-6H3. The maximum atomic E-state index is 13.1. The van der Waals surface area contributed by atoms with E-state index in [-0.39, 0.29) is 12.3 Å². The molecule has 0 atom stereocenters. The van der Waals surface area contributed by atoms with Crippen LogP contribution in [0.4, 0.5) is 3.89 Å². The topological polar surface area (TPSA) is 87.8 Å². The van der Waals surface area contributed by atoms with Crippen molar-refractivity contribution in [1.29, 1.82) is 0 Å². The summed E-state index contributed by atoms with van der Waals surface area (Å²) in [6.45, 7) is 11.3. The first-order valence-corrected chi connectivity index (χ1v) is 9.40. The summed E-state index contributed by atoms with van der Waals surface area (Å²) in [6, 6.07) is 1.85. The second-order valence-electron chi connectivity index (χ2n) is 7.34. The van der Waals surface area contributed by atoms with Gasteiger partial charge in [-0.25, -0.2) is 0 Å². The first-order valence-electron chi connectivity index (χ1n) is 8.09. The van der Waals surface area contributed by atoms with E-state index in [1.165, 1.54) is 0 Å². The van der Waals surface area contributed by atoms with Crippen LogP contribution < -0.4 is 9.92 Å². The summed E-state index contributed by atoms with van der Waals surface area (Å²) in [6.07, 6.45) is 0.370. The molecular formula is C16H25BFNO5S. The van der Waals surface area contributed by atoms with Gasteiger partial charge in [0.2, 0.25) is 0 Å². The van der Waals surface area contributed by atoms with E-state index in [1.54, 1.807) is 13.8 Å². The Morgan fingerprint density at radius 2 is 1.60 bits per heavy atom. The Labute approximate surface area is 149 Å². The zero-order chi connectivity index (χ0) is 19.2. The highest BCUT2D eigenvalue weighted by molar-refractivity contribution is 7.81. The van der Waals surface area contributed by atoms with Gasteiger partial charge >= 0.3 is 17.6 Å². The van der Waals surface area contributed by atoms with Crippen LogP contribution >= 0.6 is 0 Å². The molecule has 2 rings (SSSR count). The van der Waals surface area contributed by atoms with Crippen molar-refractivity contribution < 1.29 is 25.8 Å². The van der Waals surface area contributed by atoms with Crippen LogP contribution in [0.3, 0.4) is 0 Å². The van der Waals surface area contributed by atoms with Crippen molar-refractivity contribution in [2.24, 2.45) is 5.73 Å². The number of nitrogens with two attached hydrogens (primary N) is 1. The smallest absolute Gasteiger partial charge is 0.403 e. The van der Waals surface area contributed by atoms with E-state index in [4.69, 9.17) is 15.0 Å². The van der Waals surface area contributed by atoms with Gasteiger partial charge in [-0.1, -0.05) is 9.95 Å². The van der Waals surface area contributed by atoms with Crippen LogP contribution in [-0.2, 0) is 32.7 Å². The van der Waals surface area contributed by atoms with Crippen LogP contribution in [0.5, 0.6) is 5.75 Å². The molecular weight excluding hydrogens is 348 g/mol. The van der Waals surface area contributed by atoms with Gasteiger partial charge in [-0.05, 0) is 63.8 Å². The van der Waals surface area contributed by atoms with Gasteiger partial charge in [-0.15, -0.1) is 0 Å². The quantitative estimate of drug-likeness (QED) is 0.630. The number of hydrogen-bond acceptors (Lipinski definition) is 6. The van der Waals surface area contributed by atoms with Gasteiger partial charge in [0.05, 0.1) is 11.2 Å². The molecule has 1 aromatic carbocycles. The first-order chi connectivity index (χ1) is 11.3. The SMILES string of the molecule is Cc1c(CN)cc(CB2OC(C)(C)C(C)(C)O2)c(C)c1OS(=O)(=O)F. The number of rotatable bonds is 5. The van der Waals surface area contributed by atoms with Crippen LogP contribution in [0.1, 0.15) is 49.9 Å². The summed E-state index contributed by atoms with van der Waals surface area (Å²) in [7, 11) is -5.64. The third-order valence-electron chi connectivity index (χ3n) is 5.08. The van der Waals surface area contributed by atoms with Gasteiger partial charge in [-0.2, -0.15) is 8.42 Å². The Kier molecular flexibility index (Phi) is 5.27. The van der Waals surface area contributed by atoms with Crippen LogP contribution in [0.15, 0.2) is 6.07 Å². The normalized spacial score (nSPS) is 19.3. The van der Waals surface area contributed by atoms with E-state index in [9.17, 15) is 12.3 Å². The summed E-state index contributed by atoms with van der Waals surface area (Å²) in [5, 5.41) is 0. The maximum Gasteiger partial charge on any atom is 0.488 e. The van der Waals surface area contributed by atoms with Crippen molar-refractivity contribution in [2.45, 2.75) is 65.6 Å². The van der Waals surface area contributed by atoms with Crippen molar-refractivity contribution in [3.63, 3.8) is 0 Å². The van der Waals surface area contributed by atoms with Gasteiger partial charge in [0, 0.05) is 12.9 Å². The predicted molar refractivity (Wildman–Crippen MR) is 94.2 cm³/mol. The van der Waals surface area contributed by atoms with Crippen molar-refractivity contribution in [1.82, 2.24) is 0 Å². The average Bonchev–Trinajstić information content (AvgIpc) is 2.64. The van der Waals surface area contributed by atoms with Crippen LogP contribution in [-0.4, -0.2) is 26.7 Å². The molecule has 0 saturated carbocycles. The van der Waals surface area contributed by atoms with E-state index in [0.717, 1.165) is 5.56 Å². The molecule has 1 aliphatic heterocycles. The third kappa shape index (κ3) is 4.16. The molecule has 0 amide bonds. The van der Waals surface area contributed by atoms with E-state index in [0.29, 0.717) is 23.0 Å². The lowest BCUT2D eigenvalue weighted by molar-refractivity contribution is 0.00578.